The average Bonchev–Trinajstić information content (AvgIpc) is 3.45. The lowest BCUT2D eigenvalue weighted by molar-refractivity contribution is -0.205. The number of benzene rings is 1. The van der Waals surface area contributed by atoms with Crippen LogP contribution in [0.3, 0.4) is 0 Å². The van der Waals surface area contributed by atoms with Crippen LogP contribution < -0.4 is 5.46 Å². The number of aliphatic hydroxyl groups is 1. The first kappa shape index (κ1) is 28.8. The lowest BCUT2D eigenvalue weighted by atomic mass is 9.44. The highest BCUT2D eigenvalue weighted by atomic mass is 32.2. The summed E-state index contributed by atoms with van der Waals surface area (Å²) in [4.78, 5) is 26.6. The van der Waals surface area contributed by atoms with Crippen LogP contribution in [0.1, 0.15) is 65.4 Å². The zero-order chi connectivity index (χ0) is 28.5. The molecule has 3 fully saturated rings. The average molecular weight is 560 g/mol. The fourth-order valence-electron chi connectivity index (χ4n) is 8.31. The van der Waals surface area contributed by atoms with E-state index in [9.17, 15) is 24.3 Å². The van der Waals surface area contributed by atoms with Crippen LogP contribution in [-0.2, 0) is 36.8 Å². The first-order valence-corrected chi connectivity index (χ1v) is 15.1. The van der Waals surface area contributed by atoms with Crippen molar-refractivity contribution in [3.05, 3.63) is 36.2 Å². The molecule has 1 aromatic rings. The largest absolute Gasteiger partial charge is 0.611 e. The van der Waals surface area contributed by atoms with E-state index in [1.807, 2.05) is 20.8 Å². The molecule has 10 heteroatoms. The Morgan fingerprint density at radius 1 is 1.36 bits per heavy atom. The third-order valence-electron chi connectivity index (χ3n) is 10.9. The fraction of sp³-hybridized carbons (Fsp3) is 0.655. The van der Waals surface area contributed by atoms with E-state index >= 15 is 4.39 Å². The zero-order valence-corrected chi connectivity index (χ0v) is 23.9. The van der Waals surface area contributed by atoms with Gasteiger partial charge < -0.3 is 24.1 Å². The van der Waals surface area contributed by atoms with Gasteiger partial charge in [0.05, 0.1) is 12.7 Å². The van der Waals surface area contributed by atoms with Gasteiger partial charge in [-0.15, -0.1) is 6.58 Å². The van der Waals surface area contributed by atoms with Gasteiger partial charge in [-0.05, 0) is 65.7 Å². The SMILES string of the molecule is C=C[C@]1(C)C[C@@H](OC(=O)C[S@@+]([O-])c2ccc3c(c2F)B(O)OC3)[C@]2(C)[C@H](C)CC[C@]3(CCC(=O)[C@H]32)[C@@H](C)[C@@H]1O. The first-order valence-electron chi connectivity index (χ1n) is 13.8. The van der Waals surface area contributed by atoms with Crippen LogP contribution in [-0.4, -0.2) is 51.5 Å². The van der Waals surface area contributed by atoms with Crippen molar-refractivity contribution in [2.75, 3.05) is 5.75 Å². The van der Waals surface area contributed by atoms with Gasteiger partial charge in [0.15, 0.2) is 10.7 Å². The van der Waals surface area contributed by atoms with E-state index in [-0.39, 0.29) is 46.9 Å². The van der Waals surface area contributed by atoms with Gasteiger partial charge >= 0.3 is 13.1 Å². The van der Waals surface area contributed by atoms with Crippen LogP contribution in [0.4, 0.5) is 4.39 Å². The number of carbonyl (C=O) groups is 2. The maximum absolute atomic E-state index is 15.1. The number of carbonyl (C=O) groups excluding carboxylic acids is 2. The Morgan fingerprint density at radius 2 is 2.08 bits per heavy atom. The summed E-state index contributed by atoms with van der Waals surface area (Å²) in [5.41, 5.74) is -1.46. The van der Waals surface area contributed by atoms with Crippen LogP contribution in [0.2, 0.25) is 0 Å². The molecule has 0 aromatic heterocycles. The third-order valence-corrected chi connectivity index (χ3v) is 12.3. The second-order valence-corrected chi connectivity index (χ2v) is 14.1. The lowest BCUT2D eigenvalue weighted by Crippen LogP contribution is -2.63. The Hall–Kier alpha value is -1.72. The van der Waals surface area contributed by atoms with Gasteiger partial charge in [-0.3, -0.25) is 4.79 Å². The van der Waals surface area contributed by atoms with E-state index in [0.29, 0.717) is 18.4 Å². The number of halogens is 1. The number of ether oxygens (including phenoxy) is 1. The van der Waals surface area contributed by atoms with Gasteiger partial charge in [0.25, 0.3) is 0 Å². The minimum absolute atomic E-state index is 0.0503. The van der Waals surface area contributed by atoms with E-state index in [4.69, 9.17) is 9.39 Å². The summed E-state index contributed by atoms with van der Waals surface area (Å²) in [6.45, 7) is 12.1. The summed E-state index contributed by atoms with van der Waals surface area (Å²) >= 11 is -2.07. The normalized spacial score (nSPS) is 40.4. The number of ketones is 1. The van der Waals surface area contributed by atoms with E-state index < -0.39 is 64.3 Å². The molecule has 1 heterocycles. The maximum atomic E-state index is 15.1. The molecule has 0 unspecified atom stereocenters. The van der Waals surface area contributed by atoms with E-state index in [1.165, 1.54) is 12.1 Å². The Labute approximate surface area is 232 Å². The summed E-state index contributed by atoms with van der Waals surface area (Å²) in [6, 6.07) is 2.88. The molecule has 1 aromatic carbocycles. The summed E-state index contributed by atoms with van der Waals surface area (Å²) in [5.74, 6) is -2.49. The van der Waals surface area contributed by atoms with Crippen molar-refractivity contribution in [3.63, 3.8) is 0 Å². The van der Waals surface area contributed by atoms with Crippen LogP contribution in [0.15, 0.2) is 29.7 Å². The van der Waals surface area contributed by atoms with Crippen molar-refractivity contribution in [2.24, 2.45) is 34.0 Å². The number of hydrogen-bond donors (Lipinski definition) is 2. The predicted molar refractivity (Wildman–Crippen MR) is 145 cm³/mol. The lowest BCUT2D eigenvalue weighted by Gasteiger charge is -2.61. The summed E-state index contributed by atoms with van der Waals surface area (Å²) in [7, 11) is -1.44. The van der Waals surface area contributed by atoms with Gasteiger partial charge in [-0.1, -0.05) is 39.8 Å². The van der Waals surface area contributed by atoms with Crippen molar-refractivity contribution >= 4 is 35.5 Å². The van der Waals surface area contributed by atoms with Crippen LogP contribution in [0.25, 0.3) is 0 Å². The van der Waals surface area contributed by atoms with E-state index in [0.717, 1.165) is 12.8 Å². The molecule has 0 amide bonds. The Balaban J connectivity index is 1.47. The fourth-order valence-corrected chi connectivity index (χ4v) is 9.28. The van der Waals surface area contributed by atoms with Crippen LogP contribution in [0, 0.1) is 39.8 Å². The highest BCUT2D eigenvalue weighted by molar-refractivity contribution is 7.92. The second kappa shape index (κ2) is 9.98. The Kier molecular flexibility index (Phi) is 7.37. The quantitative estimate of drug-likeness (QED) is 0.246. The molecule has 5 rings (SSSR count). The Bertz CT molecular complexity index is 1200. The van der Waals surface area contributed by atoms with Gasteiger partial charge in [-0.2, -0.15) is 0 Å². The molecule has 1 aliphatic heterocycles. The molecule has 2 N–H and O–H groups in total. The smallest absolute Gasteiger partial charge is 0.494 e. The molecule has 0 spiro atoms. The van der Waals surface area contributed by atoms with Crippen molar-refractivity contribution in [1.29, 1.82) is 0 Å². The number of fused-ring (bicyclic) bond motifs is 1. The van der Waals surface area contributed by atoms with Crippen molar-refractivity contribution < 1.29 is 38.1 Å². The third kappa shape index (κ3) is 4.24. The molecule has 7 nitrogen and oxygen atoms in total. The standard InChI is InChI=1S/C29H38BFO7S/c1-6-27(4)13-21(28(5)16(2)9-11-29(17(3)26(27)34)12-10-19(32)25(28)29)38-22(33)15-39(36)20-8-7-18-14-37-30(35)23(18)24(20)31/h6-8,16-17,21,25-26,34-35H,1,9-15H2,2-5H3/t16-,17+,21-,25+,26+,27-,28+,29+,39-/m1/s1. The van der Waals surface area contributed by atoms with Crippen molar-refractivity contribution in [3.8, 4) is 0 Å². The van der Waals surface area contributed by atoms with Crippen LogP contribution in [0.5, 0.6) is 0 Å². The maximum Gasteiger partial charge on any atom is 0.494 e. The molecule has 9 atom stereocenters. The summed E-state index contributed by atoms with van der Waals surface area (Å²) in [5, 5.41) is 21.6. The second-order valence-electron chi connectivity index (χ2n) is 12.7. The van der Waals surface area contributed by atoms with Crippen molar-refractivity contribution in [1.82, 2.24) is 0 Å². The Morgan fingerprint density at radius 3 is 2.77 bits per heavy atom. The number of rotatable bonds is 5. The van der Waals surface area contributed by atoms with Crippen LogP contribution >= 0.6 is 0 Å². The molecule has 2 bridgehead atoms. The van der Waals surface area contributed by atoms with Gasteiger partial charge in [-0.25, -0.2) is 9.18 Å². The number of Topliss-reactive ketones (excluding diaryl/α,β-unsaturated/α-hetero) is 1. The monoisotopic (exact) mass is 560 g/mol. The first-order chi connectivity index (χ1) is 18.3. The molecular formula is C29H38BFO7S. The highest BCUT2D eigenvalue weighted by Gasteiger charge is 2.68. The molecular weight excluding hydrogens is 522 g/mol. The van der Waals surface area contributed by atoms with Crippen molar-refractivity contribution in [2.45, 2.75) is 83.5 Å². The van der Waals surface area contributed by atoms with Gasteiger partial charge in [0.1, 0.15) is 11.9 Å². The molecule has 4 aliphatic rings. The molecule has 0 radical (unpaired) electrons. The van der Waals surface area contributed by atoms with E-state index in [2.05, 4.69) is 13.5 Å². The van der Waals surface area contributed by atoms with Gasteiger partial charge in [0, 0.05) is 28.6 Å². The highest BCUT2D eigenvalue weighted by Crippen LogP contribution is 2.68. The molecule has 212 valence electrons. The number of hydrogen-bond acceptors (Lipinski definition) is 7. The number of aliphatic hydroxyl groups excluding tert-OH is 1. The molecule has 3 saturated carbocycles. The summed E-state index contributed by atoms with van der Waals surface area (Å²) < 4.78 is 39.5. The molecule has 39 heavy (non-hydrogen) atoms. The molecule has 0 saturated heterocycles. The van der Waals surface area contributed by atoms with Gasteiger partial charge in [0.2, 0.25) is 5.75 Å². The minimum Gasteiger partial charge on any atom is -0.611 e. The number of esters is 1. The topological polar surface area (TPSA) is 116 Å². The molecule has 3 aliphatic carbocycles. The van der Waals surface area contributed by atoms with E-state index in [1.54, 1.807) is 6.08 Å². The predicted octanol–water partition coefficient (Wildman–Crippen LogP) is 3.06. The zero-order valence-electron chi connectivity index (χ0n) is 23.1. The minimum atomic E-state index is -2.07. The summed E-state index contributed by atoms with van der Waals surface area (Å²) in [6.07, 6.45) is 3.25.